The van der Waals surface area contributed by atoms with Gasteiger partial charge in [0.2, 0.25) is 0 Å². The van der Waals surface area contributed by atoms with Gasteiger partial charge in [0, 0.05) is 34.5 Å². The van der Waals surface area contributed by atoms with E-state index in [2.05, 4.69) is 25.2 Å². The van der Waals surface area contributed by atoms with Gasteiger partial charge in [0.05, 0.1) is 0 Å². The van der Waals surface area contributed by atoms with Crippen LogP contribution in [0.5, 0.6) is 0 Å². The molecule has 0 aliphatic carbocycles. The molecule has 0 saturated heterocycles. The van der Waals surface area contributed by atoms with E-state index in [9.17, 15) is 4.21 Å². The molecule has 0 spiro atoms. The lowest BCUT2D eigenvalue weighted by Gasteiger charge is -2.13. The Kier molecular flexibility index (Phi) is 4.82. The Hall–Kier alpha value is -0.830. The molecule has 1 rings (SSSR count). The van der Waals surface area contributed by atoms with E-state index < -0.39 is 10.8 Å². The SMILES string of the molecule is CCC(C)Nc1cccc(CS(C)=O)c1. The summed E-state index contributed by atoms with van der Waals surface area (Å²) in [6, 6.07) is 8.63. The second-order valence-electron chi connectivity index (χ2n) is 3.87. The summed E-state index contributed by atoms with van der Waals surface area (Å²) in [7, 11) is -0.767. The van der Waals surface area contributed by atoms with Gasteiger partial charge < -0.3 is 5.32 Å². The molecule has 0 saturated carbocycles. The van der Waals surface area contributed by atoms with Crippen LogP contribution in [0.3, 0.4) is 0 Å². The molecule has 2 atom stereocenters. The van der Waals surface area contributed by atoms with Crippen molar-refractivity contribution < 1.29 is 4.21 Å². The summed E-state index contributed by atoms with van der Waals surface area (Å²) < 4.78 is 11.1. The molecule has 0 amide bonds. The fourth-order valence-electron chi connectivity index (χ4n) is 1.37. The summed E-state index contributed by atoms with van der Waals surface area (Å²) in [5, 5.41) is 3.41. The maximum Gasteiger partial charge on any atom is 0.0483 e. The second-order valence-corrected chi connectivity index (χ2v) is 5.31. The zero-order chi connectivity index (χ0) is 11.3. The average molecular weight is 225 g/mol. The van der Waals surface area contributed by atoms with Gasteiger partial charge in [-0.1, -0.05) is 19.1 Å². The molecular formula is C12H19NOS. The minimum atomic E-state index is -0.767. The first-order chi connectivity index (χ1) is 7.11. The third kappa shape index (κ3) is 4.47. The molecule has 2 nitrogen and oxygen atoms in total. The molecule has 0 aliphatic heterocycles. The monoisotopic (exact) mass is 225 g/mol. The fraction of sp³-hybridized carbons (Fsp3) is 0.500. The number of hydrogen-bond acceptors (Lipinski definition) is 2. The van der Waals surface area contributed by atoms with E-state index in [0.29, 0.717) is 11.8 Å². The van der Waals surface area contributed by atoms with Crippen LogP contribution in [0.1, 0.15) is 25.8 Å². The molecule has 0 fully saturated rings. The van der Waals surface area contributed by atoms with Crippen LogP contribution in [0, 0.1) is 0 Å². The van der Waals surface area contributed by atoms with Crippen molar-refractivity contribution in [2.45, 2.75) is 32.1 Å². The average Bonchev–Trinajstić information content (AvgIpc) is 2.17. The Labute approximate surface area is 94.5 Å². The lowest BCUT2D eigenvalue weighted by molar-refractivity contribution is 0.686. The zero-order valence-corrected chi connectivity index (χ0v) is 10.4. The summed E-state index contributed by atoms with van der Waals surface area (Å²) in [6.07, 6.45) is 2.83. The summed E-state index contributed by atoms with van der Waals surface area (Å²) >= 11 is 0. The van der Waals surface area contributed by atoms with Gasteiger partial charge in [0.25, 0.3) is 0 Å². The van der Waals surface area contributed by atoms with Gasteiger partial charge in [-0.15, -0.1) is 0 Å². The highest BCUT2D eigenvalue weighted by Crippen LogP contribution is 2.13. The van der Waals surface area contributed by atoms with Gasteiger partial charge in [-0.3, -0.25) is 4.21 Å². The third-order valence-electron chi connectivity index (χ3n) is 2.32. The Balaban J connectivity index is 2.69. The van der Waals surface area contributed by atoms with Crippen molar-refractivity contribution in [2.24, 2.45) is 0 Å². The number of benzene rings is 1. The molecular weight excluding hydrogens is 206 g/mol. The van der Waals surface area contributed by atoms with Crippen molar-refractivity contribution in [3.8, 4) is 0 Å². The molecule has 15 heavy (non-hydrogen) atoms. The largest absolute Gasteiger partial charge is 0.383 e. The van der Waals surface area contributed by atoms with Crippen molar-refractivity contribution in [2.75, 3.05) is 11.6 Å². The zero-order valence-electron chi connectivity index (χ0n) is 9.62. The first kappa shape index (κ1) is 12.2. The first-order valence-corrected chi connectivity index (χ1v) is 7.00. The highest BCUT2D eigenvalue weighted by Gasteiger charge is 2.01. The minimum Gasteiger partial charge on any atom is -0.383 e. The molecule has 0 bridgehead atoms. The quantitative estimate of drug-likeness (QED) is 0.835. The smallest absolute Gasteiger partial charge is 0.0483 e. The molecule has 0 radical (unpaired) electrons. The Morgan fingerprint density at radius 3 is 2.80 bits per heavy atom. The van der Waals surface area contributed by atoms with E-state index in [1.807, 2.05) is 18.2 Å². The minimum absolute atomic E-state index is 0.479. The van der Waals surface area contributed by atoms with Crippen LogP contribution in [-0.2, 0) is 16.6 Å². The summed E-state index contributed by atoms with van der Waals surface area (Å²) in [6.45, 7) is 4.31. The van der Waals surface area contributed by atoms with Crippen molar-refractivity contribution in [1.82, 2.24) is 0 Å². The molecule has 1 aromatic carbocycles. The Bertz CT molecular complexity index is 338. The van der Waals surface area contributed by atoms with Gasteiger partial charge >= 0.3 is 0 Å². The Morgan fingerprint density at radius 2 is 2.20 bits per heavy atom. The maximum atomic E-state index is 11.1. The molecule has 0 aromatic heterocycles. The molecule has 0 heterocycles. The predicted octanol–water partition coefficient (Wildman–Crippen LogP) is 2.78. The highest BCUT2D eigenvalue weighted by molar-refractivity contribution is 7.83. The summed E-state index contributed by atoms with van der Waals surface area (Å²) in [4.78, 5) is 0. The fourth-order valence-corrected chi connectivity index (χ4v) is 2.02. The van der Waals surface area contributed by atoms with Crippen molar-refractivity contribution in [3.63, 3.8) is 0 Å². The van der Waals surface area contributed by atoms with Crippen molar-refractivity contribution in [3.05, 3.63) is 29.8 Å². The molecule has 3 heteroatoms. The van der Waals surface area contributed by atoms with Crippen LogP contribution >= 0.6 is 0 Å². The van der Waals surface area contributed by atoms with Crippen LogP contribution in [0.25, 0.3) is 0 Å². The lowest BCUT2D eigenvalue weighted by atomic mass is 10.2. The number of rotatable bonds is 5. The third-order valence-corrected chi connectivity index (χ3v) is 3.06. The van der Waals surface area contributed by atoms with E-state index in [4.69, 9.17) is 0 Å². The topological polar surface area (TPSA) is 29.1 Å². The summed E-state index contributed by atoms with van der Waals surface area (Å²) in [5.41, 5.74) is 2.25. The van der Waals surface area contributed by atoms with Crippen LogP contribution in [0.2, 0.25) is 0 Å². The van der Waals surface area contributed by atoms with Crippen LogP contribution in [0.4, 0.5) is 5.69 Å². The lowest BCUT2D eigenvalue weighted by Crippen LogP contribution is -2.13. The normalized spacial score (nSPS) is 14.6. The first-order valence-electron chi connectivity index (χ1n) is 5.27. The molecule has 1 aromatic rings. The van der Waals surface area contributed by atoms with Gasteiger partial charge in [0.1, 0.15) is 0 Å². The molecule has 0 aliphatic rings. The van der Waals surface area contributed by atoms with Gasteiger partial charge in [-0.2, -0.15) is 0 Å². The number of anilines is 1. The van der Waals surface area contributed by atoms with E-state index in [0.717, 1.165) is 17.7 Å². The van der Waals surface area contributed by atoms with Gasteiger partial charge in [-0.25, -0.2) is 0 Å². The summed E-state index contributed by atoms with van der Waals surface area (Å²) in [5.74, 6) is 0.635. The van der Waals surface area contributed by atoms with E-state index in [1.54, 1.807) is 6.26 Å². The standard InChI is InChI=1S/C12H19NOS/c1-4-10(2)13-12-7-5-6-11(8-12)9-15(3)14/h5-8,10,13H,4,9H2,1-3H3. The van der Waals surface area contributed by atoms with Crippen LogP contribution in [-0.4, -0.2) is 16.5 Å². The van der Waals surface area contributed by atoms with E-state index in [1.165, 1.54) is 0 Å². The molecule has 84 valence electrons. The van der Waals surface area contributed by atoms with Crippen molar-refractivity contribution >= 4 is 16.5 Å². The Morgan fingerprint density at radius 1 is 1.47 bits per heavy atom. The highest BCUT2D eigenvalue weighted by atomic mass is 32.2. The van der Waals surface area contributed by atoms with Gasteiger partial charge in [-0.05, 0) is 31.0 Å². The van der Waals surface area contributed by atoms with E-state index >= 15 is 0 Å². The maximum absolute atomic E-state index is 11.1. The van der Waals surface area contributed by atoms with Crippen LogP contribution < -0.4 is 5.32 Å². The number of hydrogen-bond donors (Lipinski definition) is 1. The van der Waals surface area contributed by atoms with Crippen LogP contribution in [0.15, 0.2) is 24.3 Å². The second kappa shape index (κ2) is 5.91. The number of nitrogens with one attached hydrogen (secondary N) is 1. The predicted molar refractivity (Wildman–Crippen MR) is 67.6 cm³/mol. The van der Waals surface area contributed by atoms with E-state index in [-0.39, 0.29) is 0 Å². The molecule has 1 N–H and O–H groups in total. The van der Waals surface area contributed by atoms with Gasteiger partial charge in [0.15, 0.2) is 0 Å². The van der Waals surface area contributed by atoms with Crippen molar-refractivity contribution in [1.29, 1.82) is 0 Å². The molecule has 2 unspecified atom stereocenters.